The van der Waals surface area contributed by atoms with E-state index in [4.69, 9.17) is 9.52 Å². The number of carbonyl (C=O) groups excluding carboxylic acids is 1. The summed E-state index contributed by atoms with van der Waals surface area (Å²) in [6.07, 6.45) is 3.83. The van der Waals surface area contributed by atoms with Crippen molar-refractivity contribution < 1.29 is 19.1 Å². The third-order valence-corrected chi connectivity index (χ3v) is 3.33. The number of likely N-dealkylation sites (N-methyl/N-ethyl adjacent to an activating group) is 1. The lowest BCUT2D eigenvalue weighted by molar-refractivity contribution is -0.139. The van der Waals surface area contributed by atoms with Crippen LogP contribution in [0.2, 0.25) is 0 Å². The van der Waals surface area contributed by atoms with Gasteiger partial charge < -0.3 is 14.4 Å². The van der Waals surface area contributed by atoms with Gasteiger partial charge in [-0.2, -0.15) is 0 Å². The maximum absolute atomic E-state index is 12.1. The van der Waals surface area contributed by atoms with Gasteiger partial charge in [-0.05, 0) is 30.9 Å². The molecule has 6 heteroatoms. The summed E-state index contributed by atoms with van der Waals surface area (Å²) in [5.74, 6) is 0.279. The van der Waals surface area contributed by atoms with Gasteiger partial charge in [0.1, 0.15) is 5.76 Å². The topological polar surface area (TPSA) is 74.0 Å². The first-order valence-corrected chi connectivity index (χ1v) is 6.75. The highest BCUT2D eigenvalue weighted by Gasteiger charge is 2.27. The number of hydrogen-bond acceptors (Lipinski definition) is 4. The van der Waals surface area contributed by atoms with Gasteiger partial charge >= 0.3 is 5.97 Å². The Balaban J connectivity index is 1.84. The Morgan fingerprint density at radius 2 is 2.15 bits per heavy atom. The molecule has 0 bridgehead atoms. The van der Waals surface area contributed by atoms with Crippen LogP contribution in [-0.2, 0) is 16.1 Å². The van der Waals surface area contributed by atoms with Gasteiger partial charge in [0.25, 0.3) is 0 Å². The molecule has 1 amide bonds. The smallest absolute Gasteiger partial charge is 0.317 e. The van der Waals surface area contributed by atoms with Crippen LogP contribution >= 0.6 is 0 Å². The lowest BCUT2D eigenvalue weighted by Gasteiger charge is -2.23. The second-order valence-electron chi connectivity index (χ2n) is 5.34. The molecule has 1 saturated carbocycles. The number of carbonyl (C=O) groups is 2. The van der Waals surface area contributed by atoms with Crippen molar-refractivity contribution >= 4 is 11.9 Å². The van der Waals surface area contributed by atoms with E-state index in [0.717, 1.165) is 12.8 Å². The van der Waals surface area contributed by atoms with E-state index in [2.05, 4.69) is 0 Å². The predicted molar refractivity (Wildman–Crippen MR) is 72.0 cm³/mol. The molecule has 0 unspecified atom stereocenters. The molecular formula is C14H20N2O4. The van der Waals surface area contributed by atoms with E-state index in [0.29, 0.717) is 24.8 Å². The average Bonchev–Trinajstić information content (AvgIpc) is 3.02. The first kappa shape index (κ1) is 14.6. The lowest BCUT2D eigenvalue weighted by atomic mass is 10.3. The van der Waals surface area contributed by atoms with Crippen molar-refractivity contribution in [2.24, 2.45) is 5.92 Å². The molecule has 1 heterocycles. The molecule has 0 saturated heterocycles. The van der Waals surface area contributed by atoms with Crippen molar-refractivity contribution in [2.45, 2.75) is 19.4 Å². The van der Waals surface area contributed by atoms with E-state index in [1.807, 2.05) is 6.07 Å². The average molecular weight is 280 g/mol. The van der Waals surface area contributed by atoms with Crippen LogP contribution in [0.15, 0.2) is 22.8 Å². The van der Waals surface area contributed by atoms with Crippen LogP contribution in [0, 0.1) is 5.92 Å². The van der Waals surface area contributed by atoms with Crippen molar-refractivity contribution in [2.75, 3.05) is 26.7 Å². The minimum absolute atomic E-state index is 0.0865. The number of furan rings is 1. The molecule has 1 aromatic rings. The Bertz CT molecular complexity index is 454. The second kappa shape index (κ2) is 6.56. The minimum atomic E-state index is -0.896. The van der Waals surface area contributed by atoms with Crippen LogP contribution in [-0.4, -0.2) is 53.5 Å². The van der Waals surface area contributed by atoms with E-state index < -0.39 is 5.97 Å². The van der Waals surface area contributed by atoms with Crippen LogP contribution in [0.1, 0.15) is 18.6 Å². The Hall–Kier alpha value is -1.82. The zero-order chi connectivity index (χ0) is 14.5. The van der Waals surface area contributed by atoms with Gasteiger partial charge in [-0.3, -0.25) is 14.5 Å². The molecule has 1 fully saturated rings. The van der Waals surface area contributed by atoms with Crippen molar-refractivity contribution in [3.05, 3.63) is 24.2 Å². The summed E-state index contributed by atoms with van der Waals surface area (Å²) < 4.78 is 5.20. The first-order chi connectivity index (χ1) is 9.54. The van der Waals surface area contributed by atoms with Crippen LogP contribution in [0.5, 0.6) is 0 Å². The maximum Gasteiger partial charge on any atom is 0.317 e. The third kappa shape index (κ3) is 4.70. The largest absolute Gasteiger partial charge is 0.480 e. The number of nitrogens with zero attached hydrogens (tertiary/aromatic N) is 2. The number of carboxylic acid groups (broad SMARTS) is 1. The third-order valence-electron chi connectivity index (χ3n) is 3.33. The maximum atomic E-state index is 12.1. The van der Waals surface area contributed by atoms with Gasteiger partial charge in [0.15, 0.2) is 0 Å². The zero-order valence-electron chi connectivity index (χ0n) is 11.6. The van der Waals surface area contributed by atoms with Gasteiger partial charge in [-0.15, -0.1) is 0 Å². The molecular weight excluding hydrogens is 260 g/mol. The predicted octanol–water partition coefficient (Wildman–Crippen LogP) is 1.03. The molecule has 110 valence electrons. The summed E-state index contributed by atoms with van der Waals surface area (Å²) in [5.41, 5.74) is 0. The number of aliphatic carboxylic acids is 1. The van der Waals surface area contributed by atoms with Crippen molar-refractivity contribution in [3.63, 3.8) is 0 Å². The molecule has 0 spiro atoms. The molecule has 0 radical (unpaired) electrons. The quantitative estimate of drug-likeness (QED) is 0.770. The van der Waals surface area contributed by atoms with Crippen molar-refractivity contribution in [1.29, 1.82) is 0 Å². The summed E-state index contributed by atoms with van der Waals surface area (Å²) in [5, 5.41) is 8.89. The zero-order valence-corrected chi connectivity index (χ0v) is 11.6. The highest BCUT2D eigenvalue weighted by molar-refractivity contribution is 5.79. The molecule has 1 N–H and O–H groups in total. The fourth-order valence-corrected chi connectivity index (χ4v) is 2.08. The Morgan fingerprint density at radius 1 is 1.40 bits per heavy atom. The molecule has 2 rings (SSSR count). The van der Waals surface area contributed by atoms with E-state index >= 15 is 0 Å². The van der Waals surface area contributed by atoms with Gasteiger partial charge in [0.05, 0.1) is 25.9 Å². The SMILES string of the molecule is CN(Cc1ccco1)C(=O)CN(CC(=O)O)CC1CC1. The van der Waals surface area contributed by atoms with Gasteiger partial charge in [0.2, 0.25) is 5.91 Å². The van der Waals surface area contributed by atoms with E-state index in [-0.39, 0.29) is 19.0 Å². The first-order valence-electron chi connectivity index (χ1n) is 6.75. The summed E-state index contributed by atoms with van der Waals surface area (Å²) in [7, 11) is 1.70. The molecule has 1 aliphatic rings. The minimum Gasteiger partial charge on any atom is -0.480 e. The Morgan fingerprint density at radius 3 is 2.70 bits per heavy atom. The Kier molecular flexibility index (Phi) is 4.79. The molecule has 0 aliphatic heterocycles. The molecule has 0 aromatic carbocycles. The number of carboxylic acids is 1. The number of rotatable bonds is 8. The van der Waals surface area contributed by atoms with Gasteiger partial charge in [-0.1, -0.05) is 0 Å². The summed E-state index contributed by atoms with van der Waals surface area (Å²) >= 11 is 0. The molecule has 0 atom stereocenters. The van der Waals surface area contributed by atoms with Gasteiger partial charge in [-0.25, -0.2) is 0 Å². The highest BCUT2D eigenvalue weighted by Crippen LogP contribution is 2.29. The summed E-state index contributed by atoms with van der Waals surface area (Å²) in [6.45, 7) is 1.14. The monoisotopic (exact) mass is 280 g/mol. The van der Waals surface area contributed by atoms with Crippen LogP contribution < -0.4 is 0 Å². The molecule has 6 nitrogen and oxygen atoms in total. The second-order valence-corrected chi connectivity index (χ2v) is 5.34. The van der Waals surface area contributed by atoms with E-state index in [1.54, 1.807) is 29.2 Å². The standard InChI is InChI=1S/C14H20N2O4/c1-15(8-12-3-2-6-20-12)13(17)9-16(10-14(18)19)7-11-4-5-11/h2-3,6,11H,4-5,7-10H2,1H3,(H,18,19). The molecule has 1 aromatic heterocycles. The van der Waals surface area contributed by atoms with Crippen molar-refractivity contribution in [1.82, 2.24) is 9.80 Å². The van der Waals surface area contributed by atoms with Gasteiger partial charge in [0, 0.05) is 13.6 Å². The summed E-state index contributed by atoms with van der Waals surface area (Å²) in [4.78, 5) is 26.2. The lowest BCUT2D eigenvalue weighted by Crippen LogP contribution is -2.41. The number of amides is 1. The molecule has 1 aliphatic carbocycles. The molecule has 20 heavy (non-hydrogen) atoms. The highest BCUT2D eigenvalue weighted by atomic mass is 16.4. The van der Waals surface area contributed by atoms with Crippen LogP contribution in [0.25, 0.3) is 0 Å². The van der Waals surface area contributed by atoms with Crippen LogP contribution in [0.4, 0.5) is 0 Å². The number of hydrogen-bond donors (Lipinski definition) is 1. The van der Waals surface area contributed by atoms with E-state index in [9.17, 15) is 9.59 Å². The van der Waals surface area contributed by atoms with Crippen LogP contribution in [0.3, 0.4) is 0 Å². The fraction of sp³-hybridized carbons (Fsp3) is 0.571. The van der Waals surface area contributed by atoms with Crippen molar-refractivity contribution in [3.8, 4) is 0 Å². The summed E-state index contributed by atoms with van der Waals surface area (Å²) in [6, 6.07) is 3.58. The normalized spacial score (nSPS) is 14.5. The van der Waals surface area contributed by atoms with E-state index in [1.165, 1.54) is 0 Å². The fourth-order valence-electron chi connectivity index (χ4n) is 2.08. The Labute approximate surface area is 118 Å².